The van der Waals surface area contributed by atoms with Gasteiger partial charge in [-0.3, -0.25) is 9.20 Å². The van der Waals surface area contributed by atoms with E-state index < -0.39 is 17.7 Å². The van der Waals surface area contributed by atoms with Gasteiger partial charge in [0.1, 0.15) is 17.3 Å². The third-order valence-electron chi connectivity index (χ3n) is 6.05. The molecule has 1 unspecified atom stereocenters. The van der Waals surface area contributed by atoms with Crippen LogP contribution in [0.5, 0.6) is 0 Å². The van der Waals surface area contributed by atoms with Gasteiger partial charge in [-0.1, -0.05) is 0 Å². The molecule has 8 nitrogen and oxygen atoms in total. The number of esters is 1. The number of alkyl carbamates (subject to hydrolysis) is 1. The van der Waals surface area contributed by atoms with Gasteiger partial charge in [0, 0.05) is 18.4 Å². The van der Waals surface area contributed by atoms with E-state index in [-0.39, 0.29) is 17.3 Å². The molecule has 0 spiro atoms. The van der Waals surface area contributed by atoms with Crippen molar-refractivity contribution in [3.63, 3.8) is 0 Å². The Morgan fingerprint density at radius 1 is 1.19 bits per heavy atom. The molecule has 1 aliphatic heterocycles. The lowest BCUT2D eigenvalue weighted by molar-refractivity contribution is 0.0505. The van der Waals surface area contributed by atoms with E-state index in [9.17, 15) is 14.4 Å². The number of aromatic nitrogens is 1. The Balaban J connectivity index is 1.75. The second kappa shape index (κ2) is 8.15. The molecule has 1 saturated carbocycles. The number of pyridine rings is 2. The van der Waals surface area contributed by atoms with Crippen molar-refractivity contribution >= 4 is 23.3 Å². The fraction of sp³-hybridized carbons (Fsp3) is 0.542. The molecule has 4 rings (SSSR count). The van der Waals surface area contributed by atoms with Crippen LogP contribution >= 0.6 is 0 Å². The molecule has 3 heterocycles. The Hall–Kier alpha value is -3.03. The molecule has 2 aromatic heterocycles. The van der Waals surface area contributed by atoms with Gasteiger partial charge < -0.3 is 19.7 Å². The fourth-order valence-electron chi connectivity index (χ4n) is 4.51. The van der Waals surface area contributed by atoms with Gasteiger partial charge in [0.15, 0.2) is 0 Å². The minimum Gasteiger partial charge on any atom is -0.465 e. The van der Waals surface area contributed by atoms with Crippen LogP contribution in [-0.2, 0) is 9.47 Å². The zero-order chi connectivity index (χ0) is 23.2. The second-order valence-electron chi connectivity index (χ2n) is 9.63. The van der Waals surface area contributed by atoms with Crippen molar-refractivity contribution in [2.75, 3.05) is 18.6 Å². The molecule has 0 bridgehead atoms. The number of methoxy groups -OCH3 is 1. The molecule has 32 heavy (non-hydrogen) atoms. The average Bonchev–Trinajstić information content (AvgIpc) is 3.46. The van der Waals surface area contributed by atoms with Gasteiger partial charge >= 0.3 is 12.1 Å². The van der Waals surface area contributed by atoms with Crippen molar-refractivity contribution in [3.05, 3.63) is 45.4 Å². The fourth-order valence-corrected chi connectivity index (χ4v) is 4.51. The van der Waals surface area contributed by atoms with Crippen LogP contribution in [-0.4, -0.2) is 41.9 Å². The number of nitrogens with zero attached hydrogens (tertiary/aromatic N) is 2. The summed E-state index contributed by atoms with van der Waals surface area (Å²) in [5.41, 5.74) is 2.88. The zero-order valence-electron chi connectivity index (χ0n) is 19.4. The highest BCUT2D eigenvalue weighted by Gasteiger charge is 2.32. The maximum atomic E-state index is 13.0. The first-order valence-electron chi connectivity index (χ1n) is 11.1. The summed E-state index contributed by atoms with van der Waals surface area (Å²) in [6.07, 6.45) is 4.92. The van der Waals surface area contributed by atoms with Crippen molar-refractivity contribution in [3.8, 4) is 0 Å². The minimum absolute atomic E-state index is 0.0599. The number of hydrogen-bond donors (Lipinski definition) is 1. The Kier molecular flexibility index (Phi) is 5.65. The predicted octanol–water partition coefficient (Wildman–Crippen LogP) is 3.72. The third kappa shape index (κ3) is 4.18. The van der Waals surface area contributed by atoms with Crippen molar-refractivity contribution in [2.45, 2.75) is 71.1 Å². The summed E-state index contributed by atoms with van der Waals surface area (Å²) in [5, 5.41) is 2.99. The van der Waals surface area contributed by atoms with Gasteiger partial charge in [0.25, 0.3) is 5.56 Å². The molecule has 1 atom stereocenters. The molecule has 0 radical (unpaired) electrons. The van der Waals surface area contributed by atoms with Crippen LogP contribution in [0.3, 0.4) is 0 Å². The maximum absolute atomic E-state index is 13.0. The molecule has 8 heteroatoms. The van der Waals surface area contributed by atoms with Gasteiger partial charge in [-0.15, -0.1) is 0 Å². The first kappa shape index (κ1) is 22.2. The number of aryl methyl sites for hydroxylation is 1. The van der Waals surface area contributed by atoms with Crippen LogP contribution in [0, 0.1) is 6.92 Å². The summed E-state index contributed by atoms with van der Waals surface area (Å²) in [6, 6.07) is 3.59. The third-order valence-corrected chi connectivity index (χ3v) is 6.05. The van der Waals surface area contributed by atoms with Crippen LogP contribution in [0.1, 0.15) is 73.9 Å². The Labute approximate surface area is 187 Å². The molecule has 1 saturated heterocycles. The zero-order valence-corrected chi connectivity index (χ0v) is 19.4. The topological polar surface area (TPSA) is 89.3 Å². The van der Waals surface area contributed by atoms with Crippen molar-refractivity contribution in [1.82, 2.24) is 9.72 Å². The molecule has 0 aromatic carbocycles. The SMILES string of the molecule is COC(=O)c1cc(C2CC2)c2c(C)c(N3CCCC3NC(=O)OC(C)(C)C)ccn2c1=O. The van der Waals surface area contributed by atoms with E-state index in [1.807, 2.05) is 33.8 Å². The van der Waals surface area contributed by atoms with E-state index in [0.29, 0.717) is 5.92 Å². The van der Waals surface area contributed by atoms with Crippen LogP contribution in [0.15, 0.2) is 23.1 Å². The van der Waals surface area contributed by atoms with E-state index in [2.05, 4.69) is 10.2 Å². The number of amides is 1. The van der Waals surface area contributed by atoms with Gasteiger partial charge in [0.05, 0.1) is 12.6 Å². The number of fused-ring (bicyclic) bond motifs is 1. The normalized spacial score (nSPS) is 18.7. The number of anilines is 1. The molecule has 1 N–H and O–H groups in total. The van der Waals surface area contributed by atoms with Crippen molar-refractivity contribution in [1.29, 1.82) is 0 Å². The first-order chi connectivity index (χ1) is 15.1. The Morgan fingerprint density at radius 2 is 1.91 bits per heavy atom. The number of nitrogens with one attached hydrogen (secondary N) is 1. The largest absolute Gasteiger partial charge is 0.465 e. The number of hydrogen-bond acceptors (Lipinski definition) is 6. The van der Waals surface area contributed by atoms with E-state index in [4.69, 9.17) is 9.47 Å². The molecule has 172 valence electrons. The number of carbonyl (C=O) groups is 2. The molecule has 1 aliphatic carbocycles. The minimum atomic E-state index is -0.616. The van der Waals surface area contributed by atoms with Gasteiger partial charge in [-0.05, 0) is 82.6 Å². The molecule has 2 fully saturated rings. The highest BCUT2D eigenvalue weighted by molar-refractivity contribution is 5.90. The van der Waals surface area contributed by atoms with Crippen molar-refractivity contribution in [2.24, 2.45) is 0 Å². The molecular weight excluding hydrogens is 410 g/mol. The number of carbonyl (C=O) groups excluding carboxylic acids is 2. The second-order valence-corrected chi connectivity index (χ2v) is 9.63. The highest BCUT2D eigenvalue weighted by Crippen LogP contribution is 2.43. The number of rotatable bonds is 4. The van der Waals surface area contributed by atoms with Crippen molar-refractivity contribution < 1.29 is 19.1 Å². The van der Waals surface area contributed by atoms with E-state index in [1.54, 1.807) is 16.7 Å². The summed E-state index contributed by atoms with van der Waals surface area (Å²) in [5.74, 6) is -0.286. The molecule has 1 amide bonds. The van der Waals surface area contributed by atoms with Gasteiger partial charge in [0.2, 0.25) is 0 Å². The summed E-state index contributed by atoms with van der Waals surface area (Å²) < 4.78 is 11.8. The first-order valence-corrected chi connectivity index (χ1v) is 11.1. The highest BCUT2D eigenvalue weighted by atomic mass is 16.6. The molecule has 2 aliphatic rings. The lowest BCUT2D eigenvalue weighted by Gasteiger charge is -2.30. The van der Waals surface area contributed by atoms with E-state index in [1.165, 1.54) is 7.11 Å². The van der Waals surface area contributed by atoms with E-state index in [0.717, 1.165) is 54.6 Å². The molecular formula is C24H31N3O5. The number of ether oxygens (including phenoxy) is 2. The summed E-state index contributed by atoms with van der Waals surface area (Å²) in [7, 11) is 1.28. The average molecular weight is 442 g/mol. The summed E-state index contributed by atoms with van der Waals surface area (Å²) in [4.78, 5) is 39.7. The Morgan fingerprint density at radius 3 is 2.53 bits per heavy atom. The standard InChI is InChI=1S/C24H31N3O5/c1-14-18(26-11-6-7-19(26)25-23(30)32-24(2,3)4)10-12-27-20(14)16(15-8-9-15)13-17(21(27)28)22(29)31-5/h10,12-13,15,19H,6-9,11H2,1-5H3,(H,25,30). The smallest absolute Gasteiger partial charge is 0.409 e. The van der Waals surface area contributed by atoms with Gasteiger partial charge in [-0.25, -0.2) is 9.59 Å². The summed E-state index contributed by atoms with van der Waals surface area (Å²) >= 11 is 0. The quantitative estimate of drug-likeness (QED) is 0.728. The van der Waals surface area contributed by atoms with Crippen LogP contribution in [0.4, 0.5) is 10.5 Å². The Bertz CT molecular complexity index is 1130. The predicted molar refractivity (Wildman–Crippen MR) is 121 cm³/mol. The van der Waals surface area contributed by atoms with Crippen LogP contribution in [0.25, 0.3) is 5.52 Å². The van der Waals surface area contributed by atoms with E-state index >= 15 is 0 Å². The monoisotopic (exact) mass is 441 g/mol. The summed E-state index contributed by atoms with van der Waals surface area (Å²) in [6.45, 7) is 8.31. The van der Waals surface area contributed by atoms with Gasteiger partial charge in [-0.2, -0.15) is 0 Å². The lowest BCUT2D eigenvalue weighted by Crippen LogP contribution is -2.46. The van der Waals surface area contributed by atoms with Crippen LogP contribution in [0.2, 0.25) is 0 Å². The lowest BCUT2D eigenvalue weighted by atomic mass is 10.0. The maximum Gasteiger partial charge on any atom is 0.409 e. The molecule has 2 aromatic rings. The van der Waals surface area contributed by atoms with Crippen LogP contribution < -0.4 is 15.8 Å².